The third kappa shape index (κ3) is 3.13. The van der Waals surface area contributed by atoms with Gasteiger partial charge in [0.1, 0.15) is 0 Å². The summed E-state index contributed by atoms with van der Waals surface area (Å²) >= 11 is 0. The number of nitrogens with one attached hydrogen (secondary N) is 1. The van der Waals surface area contributed by atoms with Crippen molar-refractivity contribution in [1.82, 2.24) is 9.97 Å². The van der Waals surface area contributed by atoms with Gasteiger partial charge in [-0.25, -0.2) is 18.5 Å². The maximum absolute atomic E-state index is 11.7. The first kappa shape index (κ1) is 16.8. The Morgan fingerprint density at radius 2 is 2.08 bits per heavy atom. The molecule has 0 fully saturated rings. The van der Waals surface area contributed by atoms with Crippen LogP contribution in [0.25, 0.3) is 21.8 Å². The second kappa shape index (κ2) is 6.48. The van der Waals surface area contributed by atoms with Gasteiger partial charge in [-0.15, -0.1) is 0 Å². The van der Waals surface area contributed by atoms with Crippen molar-refractivity contribution in [3.8, 4) is 0 Å². The van der Waals surface area contributed by atoms with Crippen LogP contribution in [0.2, 0.25) is 0 Å². The van der Waals surface area contributed by atoms with E-state index in [4.69, 9.17) is 9.88 Å². The number of aromatic nitrogens is 2. The largest absolute Gasteiger partial charge is 0.390 e. The molecule has 0 saturated carbocycles. The van der Waals surface area contributed by atoms with Gasteiger partial charge in [0.05, 0.1) is 17.8 Å². The molecule has 24 heavy (non-hydrogen) atoms. The van der Waals surface area contributed by atoms with Crippen molar-refractivity contribution in [3.05, 3.63) is 35.5 Å². The van der Waals surface area contributed by atoms with Crippen molar-refractivity contribution in [2.24, 2.45) is 5.14 Å². The number of aliphatic hydroxyl groups is 1. The normalized spacial score (nSPS) is 12.3. The highest BCUT2D eigenvalue weighted by Crippen LogP contribution is 2.29. The first-order valence-corrected chi connectivity index (χ1v) is 9.05. The number of hydrogen-bond donors (Lipinski definition) is 3. The van der Waals surface area contributed by atoms with Crippen LogP contribution in [0.3, 0.4) is 0 Å². The number of aromatic amines is 1. The Morgan fingerprint density at radius 1 is 1.29 bits per heavy atom. The third-order valence-electron chi connectivity index (χ3n) is 3.96. The third-order valence-corrected chi connectivity index (χ3v) is 4.75. The summed E-state index contributed by atoms with van der Waals surface area (Å²) in [5.74, 6) is 0. The molecule has 3 aromatic rings. The Hall–Kier alpha value is -2.00. The maximum atomic E-state index is 11.7. The molecule has 0 radical (unpaired) electrons. The van der Waals surface area contributed by atoms with Gasteiger partial charge in [0.2, 0.25) is 0 Å². The molecule has 0 aliphatic carbocycles. The van der Waals surface area contributed by atoms with E-state index in [1.54, 1.807) is 7.11 Å². The van der Waals surface area contributed by atoms with Crippen molar-refractivity contribution in [1.29, 1.82) is 0 Å². The summed E-state index contributed by atoms with van der Waals surface area (Å²) in [6.45, 7) is 0.299. The smallest absolute Gasteiger partial charge is 0.255 e. The van der Waals surface area contributed by atoms with Crippen molar-refractivity contribution < 1.29 is 18.3 Å². The summed E-state index contributed by atoms with van der Waals surface area (Å²) in [5, 5.41) is 16.0. The van der Waals surface area contributed by atoms with E-state index in [2.05, 4.69) is 9.97 Å². The SMILES string of the molecule is COCCCc1ccc2[nH]c3c(CO)nc(S(N)(=O)=O)cc3c2c1. The molecule has 2 heterocycles. The molecule has 8 heteroatoms. The van der Waals surface area contributed by atoms with E-state index in [0.29, 0.717) is 17.5 Å². The average molecular weight is 349 g/mol. The number of rotatable bonds is 6. The summed E-state index contributed by atoms with van der Waals surface area (Å²) in [6, 6.07) is 7.41. The van der Waals surface area contributed by atoms with Gasteiger partial charge in [-0.3, -0.25) is 0 Å². The van der Waals surface area contributed by atoms with E-state index in [9.17, 15) is 13.5 Å². The highest BCUT2D eigenvalue weighted by atomic mass is 32.2. The lowest BCUT2D eigenvalue weighted by molar-refractivity contribution is 0.195. The number of ether oxygens (including phenoxy) is 1. The Labute approximate surface area is 139 Å². The van der Waals surface area contributed by atoms with Crippen molar-refractivity contribution in [2.45, 2.75) is 24.5 Å². The number of sulfonamides is 1. The van der Waals surface area contributed by atoms with Gasteiger partial charge in [-0.05, 0) is 36.6 Å². The predicted molar refractivity (Wildman–Crippen MR) is 91.1 cm³/mol. The molecule has 0 amide bonds. The number of fused-ring (bicyclic) bond motifs is 3. The number of hydrogen-bond acceptors (Lipinski definition) is 5. The predicted octanol–water partition coefficient (Wildman–Crippen LogP) is 1.43. The van der Waals surface area contributed by atoms with E-state index in [1.807, 2.05) is 18.2 Å². The van der Waals surface area contributed by atoms with Crippen LogP contribution in [0, 0.1) is 0 Å². The fourth-order valence-corrected chi connectivity index (χ4v) is 3.34. The topological polar surface area (TPSA) is 118 Å². The molecule has 0 aliphatic heterocycles. The van der Waals surface area contributed by atoms with E-state index < -0.39 is 10.0 Å². The first-order valence-electron chi connectivity index (χ1n) is 7.51. The minimum absolute atomic E-state index is 0.246. The molecular weight excluding hydrogens is 330 g/mol. The van der Waals surface area contributed by atoms with Crippen molar-refractivity contribution >= 4 is 31.8 Å². The number of nitrogens with two attached hydrogens (primary N) is 1. The second-order valence-corrected chi connectivity index (χ2v) is 7.14. The molecule has 0 saturated heterocycles. The van der Waals surface area contributed by atoms with Crippen LogP contribution in [-0.2, 0) is 27.8 Å². The number of aryl methyl sites for hydroxylation is 1. The molecule has 128 valence electrons. The first-order chi connectivity index (χ1) is 11.4. The zero-order chi connectivity index (χ0) is 17.3. The van der Waals surface area contributed by atoms with E-state index in [-0.39, 0.29) is 17.3 Å². The molecule has 3 rings (SSSR count). The second-order valence-electron chi connectivity index (χ2n) is 5.63. The summed E-state index contributed by atoms with van der Waals surface area (Å²) in [7, 11) is -2.29. The highest BCUT2D eigenvalue weighted by molar-refractivity contribution is 7.89. The fraction of sp³-hybridized carbons (Fsp3) is 0.312. The van der Waals surface area contributed by atoms with Crippen LogP contribution in [0.1, 0.15) is 17.7 Å². The number of primary sulfonamides is 1. The molecule has 0 unspecified atom stereocenters. The zero-order valence-electron chi connectivity index (χ0n) is 13.2. The van der Waals surface area contributed by atoms with Crippen molar-refractivity contribution in [2.75, 3.05) is 13.7 Å². The standard InChI is InChI=1S/C16H19N3O4S/c1-23-6-2-3-10-4-5-13-11(7-10)12-8-15(24(17,21)22)18-14(9-20)16(12)19-13/h4-5,7-8,19-20H,2-3,6,9H2,1H3,(H2,17,21,22). The van der Waals surface area contributed by atoms with E-state index in [1.165, 1.54) is 6.07 Å². The Balaban J connectivity index is 2.20. The number of nitrogens with zero attached hydrogens (tertiary/aromatic N) is 1. The average Bonchev–Trinajstić information content (AvgIpc) is 2.91. The summed E-state index contributed by atoms with van der Waals surface area (Å²) in [4.78, 5) is 7.15. The molecule has 0 bridgehead atoms. The maximum Gasteiger partial charge on any atom is 0.255 e. The van der Waals surface area contributed by atoms with Crippen LogP contribution >= 0.6 is 0 Å². The van der Waals surface area contributed by atoms with Gasteiger partial charge >= 0.3 is 0 Å². The van der Waals surface area contributed by atoms with Gasteiger partial charge < -0.3 is 14.8 Å². The van der Waals surface area contributed by atoms with Gasteiger partial charge in [0.25, 0.3) is 10.0 Å². The number of benzene rings is 1. The van der Waals surface area contributed by atoms with Gasteiger partial charge in [0.15, 0.2) is 5.03 Å². The van der Waals surface area contributed by atoms with Crippen LogP contribution in [0.15, 0.2) is 29.3 Å². The van der Waals surface area contributed by atoms with Crippen LogP contribution in [0.4, 0.5) is 0 Å². The molecule has 0 atom stereocenters. The van der Waals surface area contributed by atoms with Crippen molar-refractivity contribution in [3.63, 3.8) is 0 Å². The number of methoxy groups -OCH3 is 1. The molecule has 0 spiro atoms. The number of H-pyrrole nitrogens is 1. The molecule has 0 aliphatic rings. The minimum Gasteiger partial charge on any atom is -0.390 e. The van der Waals surface area contributed by atoms with Gasteiger partial charge in [0, 0.05) is 30.0 Å². The molecule has 1 aromatic carbocycles. The fourth-order valence-electron chi connectivity index (χ4n) is 2.82. The number of aliphatic hydroxyl groups excluding tert-OH is 1. The van der Waals surface area contributed by atoms with Crippen LogP contribution in [0.5, 0.6) is 0 Å². The lowest BCUT2D eigenvalue weighted by atomic mass is 10.1. The van der Waals surface area contributed by atoms with E-state index >= 15 is 0 Å². The lowest BCUT2D eigenvalue weighted by Crippen LogP contribution is -2.14. The van der Waals surface area contributed by atoms with Gasteiger partial charge in [-0.1, -0.05) is 6.07 Å². The number of pyridine rings is 1. The van der Waals surface area contributed by atoms with Gasteiger partial charge in [-0.2, -0.15) is 0 Å². The summed E-state index contributed by atoms with van der Waals surface area (Å²) < 4.78 is 28.4. The molecule has 7 nitrogen and oxygen atoms in total. The van der Waals surface area contributed by atoms with E-state index in [0.717, 1.165) is 29.3 Å². The summed E-state index contributed by atoms with van der Waals surface area (Å²) in [6.07, 6.45) is 1.76. The molecule has 4 N–H and O–H groups in total. The minimum atomic E-state index is -3.95. The van der Waals surface area contributed by atoms with Crippen LogP contribution in [-0.4, -0.2) is 37.2 Å². The highest BCUT2D eigenvalue weighted by Gasteiger charge is 2.17. The quantitative estimate of drug-likeness (QED) is 0.582. The Bertz CT molecular complexity index is 995. The molecule has 2 aromatic heterocycles. The summed E-state index contributed by atoms with van der Waals surface area (Å²) in [5.41, 5.74) is 2.85. The monoisotopic (exact) mass is 349 g/mol. The lowest BCUT2D eigenvalue weighted by Gasteiger charge is -2.03. The molecular formula is C16H19N3O4S. The van der Waals surface area contributed by atoms with Crippen LogP contribution < -0.4 is 5.14 Å². The Kier molecular flexibility index (Phi) is 4.55. The zero-order valence-corrected chi connectivity index (χ0v) is 14.1. The Morgan fingerprint density at radius 3 is 2.75 bits per heavy atom.